The van der Waals surface area contributed by atoms with Gasteiger partial charge in [0.05, 0.1) is 12.6 Å². The number of aliphatic hydroxyl groups excluding tert-OH is 1. The highest BCUT2D eigenvalue weighted by Gasteiger charge is 2.35. The first-order valence-electron chi connectivity index (χ1n) is 4.97. The fourth-order valence-electron chi connectivity index (χ4n) is 1.91. The van der Waals surface area contributed by atoms with Gasteiger partial charge in [-0.05, 0) is 27.2 Å². The Hall–Kier alpha value is -0.610. The lowest BCUT2D eigenvalue weighted by atomic mass is 10.0. The van der Waals surface area contributed by atoms with Crippen LogP contribution in [0.15, 0.2) is 0 Å². The van der Waals surface area contributed by atoms with Gasteiger partial charge in [-0.15, -0.1) is 0 Å². The molecule has 4 heteroatoms. The lowest BCUT2D eigenvalue weighted by Crippen LogP contribution is -2.57. The third-order valence-electron chi connectivity index (χ3n) is 2.35. The van der Waals surface area contributed by atoms with Crippen molar-refractivity contribution in [2.75, 3.05) is 19.8 Å². The highest BCUT2D eigenvalue weighted by atomic mass is 16.5. The fraction of sp³-hybridized carbons (Fsp3) is 0.900. The predicted octanol–water partition coefficient (Wildman–Crippen LogP) is 0.395. The summed E-state index contributed by atoms with van der Waals surface area (Å²) in [5, 5.41) is 8.89. The summed E-state index contributed by atoms with van der Waals surface area (Å²) in [6, 6.07) is 0.0150. The number of hydrogen-bond acceptors (Lipinski definition) is 3. The Morgan fingerprint density at radius 3 is 2.71 bits per heavy atom. The lowest BCUT2D eigenvalue weighted by molar-refractivity contribution is -0.156. The minimum atomic E-state index is -0.194. The van der Waals surface area contributed by atoms with Crippen LogP contribution in [-0.4, -0.2) is 47.3 Å². The second-order valence-electron chi connectivity index (χ2n) is 4.62. The third-order valence-corrected chi connectivity index (χ3v) is 2.35. The number of nitrogens with zero attached hydrogens (tertiary/aromatic N) is 1. The first-order valence-corrected chi connectivity index (χ1v) is 4.97. The summed E-state index contributed by atoms with van der Waals surface area (Å²) in [7, 11) is 0. The molecular formula is C10H19NO3. The molecule has 14 heavy (non-hydrogen) atoms. The van der Waals surface area contributed by atoms with E-state index in [4.69, 9.17) is 9.84 Å². The van der Waals surface area contributed by atoms with Crippen LogP contribution in [0.3, 0.4) is 0 Å². The Labute approximate surface area is 84.8 Å². The number of ether oxygens (including phenoxy) is 1. The zero-order chi connectivity index (χ0) is 10.8. The van der Waals surface area contributed by atoms with Gasteiger partial charge < -0.3 is 14.7 Å². The van der Waals surface area contributed by atoms with Crippen LogP contribution in [0.4, 0.5) is 0 Å². The summed E-state index contributed by atoms with van der Waals surface area (Å²) in [6.45, 7) is 6.79. The Balaban J connectivity index is 2.76. The maximum atomic E-state index is 11.6. The number of carbonyl (C=O) groups excluding carboxylic acids is 1. The zero-order valence-electron chi connectivity index (χ0n) is 9.12. The van der Waals surface area contributed by atoms with E-state index >= 15 is 0 Å². The molecule has 1 aliphatic heterocycles. The molecule has 0 saturated carbocycles. The van der Waals surface area contributed by atoms with E-state index in [9.17, 15) is 4.79 Å². The molecule has 0 aromatic carbocycles. The molecule has 1 aliphatic rings. The monoisotopic (exact) mass is 201 g/mol. The zero-order valence-corrected chi connectivity index (χ0v) is 9.12. The van der Waals surface area contributed by atoms with Crippen molar-refractivity contribution in [3.63, 3.8) is 0 Å². The van der Waals surface area contributed by atoms with Gasteiger partial charge in [-0.3, -0.25) is 4.79 Å². The third kappa shape index (κ3) is 2.45. The molecule has 1 rings (SSSR count). The van der Waals surface area contributed by atoms with Gasteiger partial charge in [0.2, 0.25) is 5.91 Å². The summed E-state index contributed by atoms with van der Waals surface area (Å²) in [5.74, 6) is 0.0159. The van der Waals surface area contributed by atoms with Gasteiger partial charge in [-0.2, -0.15) is 0 Å². The minimum Gasteiger partial charge on any atom is -0.396 e. The highest BCUT2D eigenvalue weighted by Crippen LogP contribution is 2.22. The predicted molar refractivity (Wildman–Crippen MR) is 52.9 cm³/mol. The van der Waals surface area contributed by atoms with Crippen molar-refractivity contribution < 1.29 is 14.6 Å². The molecular weight excluding hydrogens is 182 g/mol. The average Bonchev–Trinajstić information content (AvgIpc) is 2.02. The quantitative estimate of drug-likeness (QED) is 0.703. The topological polar surface area (TPSA) is 49.8 Å². The van der Waals surface area contributed by atoms with Crippen LogP contribution in [-0.2, 0) is 9.53 Å². The molecule has 0 radical (unpaired) electrons. The molecule has 1 saturated heterocycles. The van der Waals surface area contributed by atoms with Gasteiger partial charge in [0.25, 0.3) is 0 Å². The summed E-state index contributed by atoms with van der Waals surface area (Å²) in [6.07, 6.45) is 0.586. The smallest absolute Gasteiger partial charge is 0.249 e. The molecule has 82 valence electrons. The Bertz CT molecular complexity index is 208. The summed E-state index contributed by atoms with van der Waals surface area (Å²) in [4.78, 5) is 13.5. The van der Waals surface area contributed by atoms with E-state index in [-0.39, 0.29) is 30.7 Å². The summed E-state index contributed by atoms with van der Waals surface area (Å²) in [5.41, 5.74) is -0.194. The van der Waals surface area contributed by atoms with Crippen molar-refractivity contribution in [2.45, 2.75) is 38.8 Å². The van der Waals surface area contributed by atoms with Gasteiger partial charge >= 0.3 is 0 Å². The number of amides is 1. The number of hydrogen-bond donors (Lipinski definition) is 1. The largest absolute Gasteiger partial charge is 0.396 e. The van der Waals surface area contributed by atoms with Crippen LogP contribution in [0, 0.1) is 0 Å². The number of carbonyl (C=O) groups is 1. The maximum Gasteiger partial charge on any atom is 0.249 e. The Kier molecular flexibility index (Phi) is 3.50. The minimum absolute atomic E-state index is 0.0150. The van der Waals surface area contributed by atoms with E-state index in [1.165, 1.54) is 0 Å². The second-order valence-corrected chi connectivity index (χ2v) is 4.62. The van der Waals surface area contributed by atoms with Crippen molar-refractivity contribution >= 4 is 5.91 Å². The molecule has 1 unspecified atom stereocenters. The Morgan fingerprint density at radius 2 is 2.21 bits per heavy atom. The van der Waals surface area contributed by atoms with E-state index < -0.39 is 0 Å². The van der Waals surface area contributed by atoms with E-state index in [1.54, 1.807) is 0 Å². The standard InChI is InChI=1S/C10H19NO3/c1-10(2,3)11-8(4-5-12)6-14-7-9(11)13/h8,12H,4-7H2,1-3H3. The molecule has 0 spiro atoms. The second kappa shape index (κ2) is 4.28. The molecule has 1 heterocycles. The molecule has 1 amide bonds. The molecule has 1 fully saturated rings. The number of rotatable bonds is 2. The molecule has 1 atom stereocenters. The van der Waals surface area contributed by atoms with Crippen molar-refractivity contribution in [3.8, 4) is 0 Å². The van der Waals surface area contributed by atoms with Crippen molar-refractivity contribution in [2.24, 2.45) is 0 Å². The molecule has 4 nitrogen and oxygen atoms in total. The Morgan fingerprint density at radius 1 is 1.57 bits per heavy atom. The lowest BCUT2D eigenvalue weighted by Gasteiger charge is -2.44. The highest BCUT2D eigenvalue weighted by molar-refractivity contribution is 5.79. The maximum absolute atomic E-state index is 11.6. The molecule has 0 aliphatic carbocycles. The average molecular weight is 201 g/mol. The molecule has 0 aromatic rings. The van der Waals surface area contributed by atoms with Gasteiger partial charge in [0.1, 0.15) is 6.61 Å². The van der Waals surface area contributed by atoms with E-state index in [0.29, 0.717) is 13.0 Å². The van der Waals surface area contributed by atoms with Crippen LogP contribution < -0.4 is 0 Å². The van der Waals surface area contributed by atoms with E-state index in [0.717, 1.165) is 0 Å². The number of morpholine rings is 1. The van der Waals surface area contributed by atoms with Gasteiger partial charge in [0, 0.05) is 12.1 Å². The van der Waals surface area contributed by atoms with Gasteiger partial charge in [-0.1, -0.05) is 0 Å². The van der Waals surface area contributed by atoms with Crippen LogP contribution >= 0.6 is 0 Å². The molecule has 1 N–H and O–H groups in total. The van der Waals surface area contributed by atoms with Crippen LogP contribution in [0.1, 0.15) is 27.2 Å². The van der Waals surface area contributed by atoms with Gasteiger partial charge in [-0.25, -0.2) is 0 Å². The molecule has 0 bridgehead atoms. The van der Waals surface area contributed by atoms with Crippen LogP contribution in [0.5, 0.6) is 0 Å². The normalized spacial score (nSPS) is 24.1. The van der Waals surface area contributed by atoms with Gasteiger partial charge in [0.15, 0.2) is 0 Å². The first-order chi connectivity index (χ1) is 6.46. The number of aliphatic hydroxyl groups is 1. The molecule has 0 aromatic heterocycles. The van der Waals surface area contributed by atoms with Crippen LogP contribution in [0.2, 0.25) is 0 Å². The van der Waals surface area contributed by atoms with Crippen LogP contribution in [0.25, 0.3) is 0 Å². The first kappa shape index (κ1) is 11.5. The van der Waals surface area contributed by atoms with Crippen molar-refractivity contribution in [1.82, 2.24) is 4.90 Å². The van der Waals surface area contributed by atoms with E-state index in [2.05, 4.69) is 0 Å². The van der Waals surface area contributed by atoms with Crippen molar-refractivity contribution in [3.05, 3.63) is 0 Å². The van der Waals surface area contributed by atoms with E-state index in [1.807, 2.05) is 25.7 Å². The van der Waals surface area contributed by atoms with Crippen molar-refractivity contribution in [1.29, 1.82) is 0 Å². The fourth-order valence-corrected chi connectivity index (χ4v) is 1.91. The summed E-state index contributed by atoms with van der Waals surface area (Å²) < 4.78 is 5.17. The SMILES string of the molecule is CC(C)(C)N1C(=O)COCC1CCO. The summed E-state index contributed by atoms with van der Waals surface area (Å²) >= 11 is 0.